The van der Waals surface area contributed by atoms with Crippen LogP contribution >= 0.6 is 23.4 Å². The predicted molar refractivity (Wildman–Crippen MR) is 47.6 cm³/mol. The second-order valence-electron chi connectivity index (χ2n) is 2.47. The van der Waals surface area contributed by atoms with Gasteiger partial charge < -0.3 is 5.11 Å². The van der Waals surface area contributed by atoms with Crippen LogP contribution in [0.1, 0.15) is 10.4 Å². The fourth-order valence-corrected chi connectivity index (χ4v) is 2.18. The van der Waals surface area contributed by atoms with Crippen LogP contribution in [0.4, 0.5) is 0 Å². The topological polar surface area (TPSA) is 37.3 Å². The number of halogens is 1. The van der Waals surface area contributed by atoms with Gasteiger partial charge in [-0.3, -0.25) is 4.79 Å². The number of aliphatic hydroxyl groups is 1. The highest BCUT2D eigenvalue weighted by atomic mass is 35.5. The molecule has 2 rings (SSSR count). The van der Waals surface area contributed by atoms with Gasteiger partial charge in [0, 0.05) is 15.5 Å². The van der Waals surface area contributed by atoms with Crippen molar-refractivity contribution in [3.8, 4) is 0 Å². The second-order valence-corrected chi connectivity index (χ2v) is 4.03. The van der Waals surface area contributed by atoms with Crippen LogP contribution in [-0.2, 0) is 0 Å². The molecule has 1 unspecified atom stereocenters. The molecule has 0 saturated carbocycles. The lowest BCUT2D eigenvalue weighted by atomic mass is 10.1. The van der Waals surface area contributed by atoms with E-state index in [2.05, 4.69) is 0 Å². The zero-order chi connectivity index (χ0) is 8.72. The first-order valence-corrected chi connectivity index (χ1v) is 4.63. The van der Waals surface area contributed by atoms with Crippen molar-refractivity contribution in [2.75, 3.05) is 0 Å². The maximum absolute atomic E-state index is 11.2. The van der Waals surface area contributed by atoms with Gasteiger partial charge in [-0.2, -0.15) is 0 Å². The van der Waals surface area contributed by atoms with Crippen LogP contribution in [0.25, 0.3) is 0 Å². The fourth-order valence-electron chi connectivity index (χ4n) is 1.10. The van der Waals surface area contributed by atoms with E-state index in [1.807, 2.05) is 0 Å². The van der Waals surface area contributed by atoms with Crippen LogP contribution in [-0.4, -0.2) is 16.3 Å². The molecule has 0 amide bonds. The van der Waals surface area contributed by atoms with E-state index in [-0.39, 0.29) is 5.78 Å². The van der Waals surface area contributed by atoms with E-state index in [0.717, 1.165) is 16.7 Å². The molecule has 1 aromatic rings. The molecule has 0 spiro atoms. The molecule has 0 fully saturated rings. The van der Waals surface area contributed by atoms with E-state index in [9.17, 15) is 9.90 Å². The van der Waals surface area contributed by atoms with Crippen LogP contribution in [0.3, 0.4) is 0 Å². The summed E-state index contributed by atoms with van der Waals surface area (Å²) < 4.78 is 0. The predicted octanol–water partition coefficient (Wildman–Crippen LogP) is 1.95. The molecule has 0 saturated heterocycles. The number of thioether (sulfide) groups is 1. The number of hydrogen-bond acceptors (Lipinski definition) is 3. The maximum Gasteiger partial charge on any atom is 0.203 e. The van der Waals surface area contributed by atoms with E-state index in [1.165, 1.54) is 0 Å². The molecule has 1 aromatic carbocycles. The summed E-state index contributed by atoms with van der Waals surface area (Å²) in [5.74, 6) is -0.252. The van der Waals surface area contributed by atoms with Gasteiger partial charge in [-0.1, -0.05) is 23.4 Å². The molecule has 1 heterocycles. The Labute approximate surface area is 78.5 Å². The molecule has 1 aliphatic rings. The molecule has 0 aliphatic carbocycles. The van der Waals surface area contributed by atoms with Crippen molar-refractivity contribution >= 4 is 29.1 Å². The molecular formula is C8H5ClO2S. The third-order valence-electron chi connectivity index (χ3n) is 1.67. The normalized spacial score (nSPS) is 21.2. The highest BCUT2D eigenvalue weighted by Crippen LogP contribution is 2.36. The summed E-state index contributed by atoms with van der Waals surface area (Å²) in [6.07, 6.45) is 0. The van der Waals surface area contributed by atoms with Crippen LogP contribution < -0.4 is 0 Å². The molecule has 0 bridgehead atoms. The minimum atomic E-state index is -0.946. The van der Waals surface area contributed by atoms with E-state index in [4.69, 9.17) is 11.6 Å². The first-order valence-electron chi connectivity index (χ1n) is 3.37. The van der Waals surface area contributed by atoms with Gasteiger partial charge in [-0.05, 0) is 18.2 Å². The third-order valence-corrected chi connectivity index (χ3v) is 2.95. The largest absolute Gasteiger partial charge is 0.374 e. The highest BCUT2D eigenvalue weighted by Gasteiger charge is 2.29. The van der Waals surface area contributed by atoms with Crippen molar-refractivity contribution in [2.24, 2.45) is 0 Å². The molecule has 12 heavy (non-hydrogen) atoms. The summed E-state index contributed by atoms with van der Waals surface area (Å²) >= 11 is 6.85. The lowest BCUT2D eigenvalue weighted by Gasteiger charge is -1.94. The number of aliphatic hydroxyl groups excluding tert-OH is 1. The Bertz CT molecular complexity index is 351. The molecule has 0 radical (unpaired) electrons. The number of fused-ring (bicyclic) bond motifs is 1. The first-order chi connectivity index (χ1) is 5.68. The van der Waals surface area contributed by atoms with E-state index < -0.39 is 5.44 Å². The second kappa shape index (κ2) is 2.76. The summed E-state index contributed by atoms with van der Waals surface area (Å²) in [6.45, 7) is 0. The SMILES string of the molecule is O=C1c2cc(Cl)ccc2SC1O. The van der Waals surface area contributed by atoms with Gasteiger partial charge in [0.05, 0.1) is 0 Å². The number of Topliss-reactive ketones (excluding diaryl/α,β-unsaturated/α-hetero) is 1. The van der Waals surface area contributed by atoms with Gasteiger partial charge in [0.1, 0.15) is 0 Å². The van der Waals surface area contributed by atoms with E-state index in [0.29, 0.717) is 10.6 Å². The van der Waals surface area contributed by atoms with Crippen molar-refractivity contribution in [3.63, 3.8) is 0 Å². The summed E-state index contributed by atoms with van der Waals surface area (Å²) in [5.41, 5.74) is -0.418. The molecule has 1 atom stereocenters. The van der Waals surface area contributed by atoms with Crippen LogP contribution in [0.5, 0.6) is 0 Å². The third kappa shape index (κ3) is 1.14. The van der Waals surface area contributed by atoms with E-state index >= 15 is 0 Å². The monoisotopic (exact) mass is 200 g/mol. The summed E-state index contributed by atoms with van der Waals surface area (Å²) in [6, 6.07) is 5.04. The quantitative estimate of drug-likeness (QED) is 0.696. The minimum absolute atomic E-state index is 0.252. The Morgan fingerprint density at radius 3 is 3.00 bits per heavy atom. The zero-order valence-corrected chi connectivity index (χ0v) is 7.52. The summed E-state index contributed by atoms with van der Waals surface area (Å²) in [5, 5.41) is 9.71. The molecule has 1 N–H and O–H groups in total. The van der Waals surface area contributed by atoms with Crippen LogP contribution in [0.2, 0.25) is 5.02 Å². The lowest BCUT2D eigenvalue weighted by molar-refractivity contribution is 0.0875. The van der Waals surface area contributed by atoms with Gasteiger partial charge in [0.2, 0.25) is 5.78 Å². The van der Waals surface area contributed by atoms with Gasteiger partial charge in [0.25, 0.3) is 0 Å². The Hall–Kier alpha value is -0.510. The van der Waals surface area contributed by atoms with Crippen LogP contribution in [0.15, 0.2) is 23.1 Å². The van der Waals surface area contributed by atoms with Gasteiger partial charge in [0.15, 0.2) is 5.44 Å². The van der Waals surface area contributed by atoms with Crippen molar-refractivity contribution < 1.29 is 9.90 Å². The standard InChI is InChI=1S/C8H5ClO2S/c9-4-1-2-6-5(3-4)7(10)8(11)12-6/h1-3,8,11H. The molecular weight excluding hydrogens is 196 g/mol. The molecule has 2 nitrogen and oxygen atoms in total. The Kier molecular flexibility index (Phi) is 1.87. The van der Waals surface area contributed by atoms with Crippen molar-refractivity contribution in [1.82, 2.24) is 0 Å². The summed E-state index contributed by atoms with van der Waals surface area (Å²) in [7, 11) is 0. The summed E-state index contributed by atoms with van der Waals surface area (Å²) in [4.78, 5) is 12.0. The number of benzene rings is 1. The smallest absolute Gasteiger partial charge is 0.203 e. The molecule has 4 heteroatoms. The fraction of sp³-hybridized carbons (Fsp3) is 0.125. The first kappa shape index (κ1) is 8.10. The highest BCUT2D eigenvalue weighted by molar-refractivity contribution is 8.01. The van der Waals surface area contributed by atoms with Gasteiger partial charge >= 0.3 is 0 Å². The number of ketones is 1. The Balaban J connectivity index is 2.56. The van der Waals surface area contributed by atoms with Crippen molar-refractivity contribution in [2.45, 2.75) is 10.3 Å². The van der Waals surface area contributed by atoms with Gasteiger partial charge in [-0.15, -0.1) is 0 Å². The average Bonchev–Trinajstić information content (AvgIpc) is 2.31. The maximum atomic E-state index is 11.2. The molecule has 62 valence electrons. The molecule has 0 aromatic heterocycles. The Morgan fingerprint density at radius 2 is 2.25 bits per heavy atom. The molecule has 1 aliphatic heterocycles. The minimum Gasteiger partial charge on any atom is -0.374 e. The Morgan fingerprint density at radius 1 is 1.50 bits per heavy atom. The van der Waals surface area contributed by atoms with Crippen LogP contribution in [0, 0.1) is 0 Å². The van der Waals surface area contributed by atoms with E-state index in [1.54, 1.807) is 18.2 Å². The average molecular weight is 201 g/mol. The lowest BCUT2D eigenvalue weighted by Crippen LogP contribution is -2.09. The number of carbonyl (C=O) groups is 1. The number of hydrogen-bond donors (Lipinski definition) is 1. The number of carbonyl (C=O) groups excluding carboxylic acids is 1. The van der Waals surface area contributed by atoms with Crippen molar-refractivity contribution in [1.29, 1.82) is 0 Å². The zero-order valence-electron chi connectivity index (χ0n) is 5.95. The van der Waals surface area contributed by atoms with Gasteiger partial charge in [-0.25, -0.2) is 0 Å². The van der Waals surface area contributed by atoms with Crippen molar-refractivity contribution in [3.05, 3.63) is 28.8 Å². The number of rotatable bonds is 0.